The number of nitrogens with one attached hydrogen (secondary N) is 1. The Balaban J connectivity index is 1.93. The van der Waals surface area contributed by atoms with Gasteiger partial charge in [0.25, 0.3) is 0 Å². The van der Waals surface area contributed by atoms with Crippen LogP contribution in [0, 0.1) is 17.2 Å². The lowest BCUT2D eigenvalue weighted by Crippen LogP contribution is -2.44. The summed E-state index contributed by atoms with van der Waals surface area (Å²) in [6.07, 6.45) is -2.90. The van der Waals surface area contributed by atoms with Gasteiger partial charge in [0, 0.05) is 5.02 Å². The van der Waals surface area contributed by atoms with E-state index in [0.29, 0.717) is 17.9 Å². The van der Waals surface area contributed by atoms with Gasteiger partial charge in [-0.3, -0.25) is 9.59 Å². The number of hydrogen-bond acceptors (Lipinski definition) is 3. The van der Waals surface area contributed by atoms with Gasteiger partial charge in [-0.15, -0.1) is 0 Å². The van der Waals surface area contributed by atoms with E-state index in [1.54, 1.807) is 20.8 Å². The third kappa shape index (κ3) is 6.77. The highest BCUT2D eigenvalue weighted by Gasteiger charge is 2.48. The maximum absolute atomic E-state index is 15.6. The number of esters is 1. The van der Waals surface area contributed by atoms with Gasteiger partial charge in [-0.2, -0.15) is 13.2 Å². The number of rotatable bonds is 7. The maximum Gasteiger partial charge on any atom is 0.392 e. The molecule has 3 rings (SSSR count). The van der Waals surface area contributed by atoms with Crippen molar-refractivity contribution in [1.29, 1.82) is 0 Å². The second-order valence-electron chi connectivity index (χ2n) is 10.6. The molecule has 0 spiro atoms. The van der Waals surface area contributed by atoms with Crippen LogP contribution in [0.2, 0.25) is 10.0 Å². The minimum Gasteiger partial charge on any atom is -0.460 e. The zero-order valence-electron chi connectivity index (χ0n) is 20.9. The molecule has 1 N–H and O–H groups in total. The van der Waals surface area contributed by atoms with Crippen molar-refractivity contribution >= 4 is 40.8 Å². The molecule has 4 nitrogen and oxygen atoms in total. The standard InChI is InChI=1S/C27H29Cl2F4NO3/c1-15(27(31,32)33)20(16-6-9-18(28)10-7-16)23(35)34-22-19(29)11-8-17(21(22)30)14-26(12-5-13-26)24(36)37-25(2,3)4/h6-11,15,20H,5,12-14H2,1-4H3,(H,34,35)/t15-,20+/m1/s1. The number of benzene rings is 2. The molecule has 1 amide bonds. The average molecular weight is 562 g/mol. The van der Waals surface area contributed by atoms with Crippen LogP contribution < -0.4 is 5.32 Å². The maximum atomic E-state index is 15.6. The molecule has 2 aromatic carbocycles. The number of ether oxygens (including phenoxy) is 1. The summed E-state index contributed by atoms with van der Waals surface area (Å²) in [6.45, 7) is 6.11. The molecular formula is C27H29Cl2F4NO3. The number of carbonyl (C=O) groups is 2. The molecular weight excluding hydrogens is 533 g/mol. The van der Waals surface area contributed by atoms with Crippen LogP contribution in [0.4, 0.5) is 23.2 Å². The second kappa shape index (κ2) is 10.8. The van der Waals surface area contributed by atoms with E-state index in [4.69, 9.17) is 27.9 Å². The Morgan fingerprint density at radius 3 is 2.14 bits per heavy atom. The van der Waals surface area contributed by atoms with E-state index < -0.39 is 52.4 Å². The van der Waals surface area contributed by atoms with Crippen LogP contribution in [0.1, 0.15) is 64.0 Å². The van der Waals surface area contributed by atoms with Crippen molar-refractivity contribution < 1.29 is 31.9 Å². The lowest BCUT2D eigenvalue weighted by Gasteiger charge is -2.41. The Hall–Kier alpha value is -2.32. The number of hydrogen-bond donors (Lipinski definition) is 1. The second-order valence-corrected chi connectivity index (χ2v) is 11.4. The molecule has 10 heteroatoms. The van der Waals surface area contributed by atoms with Gasteiger partial charge in [0.1, 0.15) is 5.60 Å². The van der Waals surface area contributed by atoms with Crippen LogP contribution >= 0.6 is 23.2 Å². The molecule has 0 aliphatic heterocycles. The van der Waals surface area contributed by atoms with E-state index >= 15 is 4.39 Å². The van der Waals surface area contributed by atoms with Gasteiger partial charge >= 0.3 is 12.1 Å². The van der Waals surface area contributed by atoms with E-state index in [0.717, 1.165) is 13.3 Å². The fourth-order valence-corrected chi connectivity index (χ4v) is 4.70. The molecule has 0 unspecified atom stereocenters. The first-order valence-electron chi connectivity index (χ1n) is 11.9. The topological polar surface area (TPSA) is 55.4 Å². The summed E-state index contributed by atoms with van der Waals surface area (Å²) in [5, 5.41) is 2.39. The largest absolute Gasteiger partial charge is 0.460 e. The fraction of sp³-hybridized carbons (Fsp3) is 0.481. The van der Waals surface area contributed by atoms with Crippen molar-refractivity contribution in [3.63, 3.8) is 0 Å². The summed E-state index contributed by atoms with van der Waals surface area (Å²) in [5.74, 6) is -6.17. The van der Waals surface area contributed by atoms with Crippen LogP contribution in [0.3, 0.4) is 0 Å². The summed E-state index contributed by atoms with van der Waals surface area (Å²) >= 11 is 12.0. The lowest BCUT2D eigenvalue weighted by molar-refractivity contribution is -0.178. The van der Waals surface area contributed by atoms with Crippen LogP contribution in [0.15, 0.2) is 36.4 Å². The molecule has 0 radical (unpaired) electrons. The first-order chi connectivity index (χ1) is 17.0. The van der Waals surface area contributed by atoms with E-state index in [2.05, 4.69) is 5.32 Å². The van der Waals surface area contributed by atoms with Gasteiger partial charge in [-0.25, -0.2) is 4.39 Å². The zero-order valence-corrected chi connectivity index (χ0v) is 22.5. The summed E-state index contributed by atoms with van der Waals surface area (Å²) in [7, 11) is 0. The number of anilines is 1. The highest BCUT2D eigenvalue weighted by atomic mass is 35.5. The molecule has 1 aliphatic carbocycles. The van der Waals surface area contributed by atoms with Gasteiger partial charge in [-0.1, -0.05) is 54.7 Å². The van der Waals surface area contributed by atoms with E-state index in [1.807, 2.05) is 0 Å². The fourth-order valence-electron chi connectivity index (χ4n) is 4.38. The molecule has 37 heavy (non-hydrogen) atoms. The molecule has 1 saturated carbocycles. The van der Waals surface area contributed by atoms with Gasteiger partial charge in [0.05, 0.1) is 28.0 Å². The summed E-state index contributed by atoms with van der Waals surface area (Å²) in [6, 6.07) is 8.16. The molecule has 2 aromatic rings. The van der Waals surface area contributed by atoms with Crippen LogP contribution in [0.5, 0.6) is 0 Å². The van der Waals surface area contributed by atoms with Crippen molar-refractivity contribution in [3.05, 3.63) is 63.4 Å². The normalized spacial score (nSPS) is 16.9. The van der Waals surface area contributed by atoms with Crippen molar-refractivity contribution in [3.8, 4) is 0 Å². The Morgan fingerprint density at radius 1 is 1.05 bits per heavy atom. The molecule has 0 bridgehead atoms. The summed E-state index contributed by atoms with van der Waals surface area (Å²) in [5.41, 5.74) is -1.89. The van der Waals surface area contributed by atoms with E-state index in [9.17, 15) is 22.8 Å². The first-order valence-corrected chi connectivity index (χ1v) is 12.6. The summed E-state index contributed by atoms with van der Waals surface area (Å²) < 4.78 is 62.2. The predicted molar refractivity (Wildman–Crippen MR) is 135 cm³/mol. The Labute approximate surface area is 223 Å². The number of amides is 1. The molecule has 0 saturated heterocycles. The number of halogens is 6. The molecule has 202 valence electrons. The SMILES string of the molecule is C[C@H]([C@H](C(=O)Nc1c(Cl)ccc(CC2(C(=O)OC(C)(C)C)CCC2)c1F)c1ccc(Cl)cc1)C(F)(F)F. The highest BCUT2D eigenvalue weighted by molar-refractivity contribution is 6.33. The van der Waals surface area contributed by atoms with E-state index in [-0.39, 0.29) is 22.6 Å². The smallest absolute Gasteiger partial charge is 0.392 e. The Bertz CT molecular complexity index is 1160. The van der Waals surface area contributed by atoms with Crippen molar-refractivity contribution in [2.75, 3.05) is 5.32 Å². The minimum absolute atomic E-state index is 0.00729. The predicted octanol–water partition coefficient (Wildman–Crippen LogP) is 8.11. The van der Waals surface area contributed by atoms with Crippen molar-refractivity contribution in [2.24, 2.45) is 11.3 Å². The van der Waals surface area contributed by atoms with Gasteiger partial charge in [-0.05, 0) is 69.4 Å². The third-order valence-electron chi connectivity index (χ3n) is 6.62. The van der Waals surface area contributed by atoms with Gasteiger partial charge in [0.15, 0.2) is 5.82 Å². The minimum atomic E-state index is -4.70. The third-order valence-corrected chi connectivity index (χ3v) is 7.19. The van der Waals surface area contributed by atoms with Crippen LogP contribution in [0.25, 0.3) is 0 Å². The lowest BCUT2D eigenvalue weighted by atomic mass is 9.65. The van der Waals surface area contributed by atoms with Gasteiger partial charge < -0.3 is 10.1 Å². The van der Waals surface area contributed by atoms with E-state index in [1.165, 1.54) is 36.4 Å². The number of carbonyl (C=O) groups excluding carboxylic acids is 2. The Morgan fingerprint density at radius 2 is 1.65 bits per heavy atom. The monoisotopic (exact) mass is 561 g/mol. The average Bonchev–Trinajstić information content (AvgIpc) is 2.74. The van der Waals surface area contributed by atoms with Crippen LogP contribution in [-0.4, -0.2) is 23.7 Å². The van der Waals surface area contributed by atoms with Gasteiger partial charge in [0.2, 0.25) is 5.91 Å². The molecule has 1 aliphatic rings. The van der Waals surface area contributed by atoms with Crippen molar-refractivity contribution in [1.82, 2.24) is 0 Å². The first kappa shape index (κ1) is 29.2. The van der Waals surface area contributed by atoms with Crippen LogP contribution in [-0.2, 0) is 20.7 Å². The molecule has 1 fully saturated rings. The highest BCUT2D eigenvalue weighted by Crippen LogP contribution is 2.47. The zero-order chi connectivity index (χ0) is 27.8. The van der Waals surface area contributed by atoms with Crippen molar-refractivity contribution in [2.45, 2.75) is 71.1 Å². The number of alkyl halides is 3. The Kier molecular flexibility index (Phi) is 8.54. The molecule has 0 heterocycles. The molecule has 0 aromatic heterocycles. The summed E-state index contributed by atoms with van der Waals surface area (Å²) in [4.78, 5) is 26.1. The molecule has 2 atom stereocenters. The quantitative estimate of drug-likeness (QED) is 0.274.